The minimum atomic E-state index is 0.486. The monoisotopic (exact) mass is 278 g/mol. The van der Waals surface area contributed by atoms with E-state index in [2.05, 4.69) is 21.1 Å². The van der Waals surface area contributed by atoms with Gasteiger partial charge in [-0.3, -0.25) is 0 Å². The van der Waals surface area contributed by atoms with Crippen LogP contribution in [0.25, 0.3) is 11.1 Å². The van der Waals surface area contributed by atoms with Crippen molar-refractivity contribution in [3.05, 3.63) is 34.5 Å². The van der Waals surface area contributed by atoms with Crippen LogP contribution in [-0.4, -0.2) is 5.16 Å². The number of nitrogen functional groups attached to an aromatic ring is 1. The number of aromatic nitrogens is 1. The number of nitrogens with two attached hydrogens (primary N) is 1. The molecule has 1 fully saturated rings. The molecule has 1 aromatic carbocycles. The fraction of sp³-hybridized carbons (Fsp3) is 0.250. The molecule has 1 heterocycles. The summed E-state index contributed by atoms with van der Waals surface area (Å²) in [5.41, 5.74) is 7.90. The van der Waals surface area contributed by atoms with Gasteiger partial charge in [0.25, 0.3) is 0 Å². The Bertz CT molecular complexity index is 532. The second-order valence-corrected chi connectivity index (χ2v) is 5.01. The summed E-state index contributed by atoms with van der Waals surface area (Å²) in [6.07, 6.45) is 2.35. The smallest absolute Gasteiger partial charge is 0.175 e. The SMILES string of the molecule is Nc1noc(C2CC2)c1-c1cccc(Br)c1. The predicted octanol–water partition coefficient (Wildman–Crippen LogP) is 3.56. The van der Waals surface area contributed by atoms with Gasteiger partial charge in [0.1, 0.15) is 5.76 Å². The Labute approximate surface area is 102 Å². The molecular formula is C12H11BrN2O. The molecule has 3 rings (SSSR count). The summed E-state index contributed by atoms with van der Waals surface area (Å²) < 4.78 is 6.36. The first-order valence-electron chi connectivity index (χ1n) is 5.26. The zero-order chi connectivity index (χ0) is 11.1. The molecule has 4 heteroatoms. The largest absolute Gasteiger partial charge is 0.380 e. The molecule has 2 aromatic rings. The number of benzene rings is 1. The van der Waals surface area contributed by atoms with Gasteiger partial charge in [-0.2, -0.15) is 0 Å². The van der Waals surface area contributed by atoms with Gasteiger partial charge in [-0.1, -0.05) is 33.2 Å². The highest BCUT2D eigenvalue weighted by Crippen LogP contribution is 2.46. The first-order valence-corrected chi connectivity index (χ1v) is 6.06. The van der Waals surface area contributed by atoms with Crippen molar-refractivity contribution in [1.29, 1.82) is 0 Å². The van der Waals surface area contributed by atoms with E-state index in [4.69, 9.17) is 10.3 Å². The van der Waals surface area contributed by atoms with Crippen LogP contribution in [0.1, 0.15) is 24.5 Å². The first-order chi connectivity index (χ1) is 7.75. The summed E-state index contributed by atoms with van der Waals surface area (Å²) in [5.74, 6) is 1.94. The van der Waals surface area contributed by atoms with Gasteiger partial charge >= 0.3 is 0 Å². The van der Waals surface area contributed by atoms with Gasteiger partial charge in [-0.05, 0) is 30.5 Å². The van der Waals surface area contributed by atoms with Crippen LogP contribution < -0.4 is 5.73 Å². The highest BCUT2D eigenvalue weighted by Gasteiger charge is 2.32. The van der Waals surface area contributed by atoms with Crippen LogP contribution in [0.4, 0.5) is 5.82 Å². The van der Waals surface area contributed by atoms with E-state index in [1.54, 1.807) is 0 Å². The lowest BCUT2D eigenvalue weighted by molar-refractivity contribution is 0.387. The van der Waals surface area contributed by atoms with Gasteiger partial charge in [0, 0.05) is 10.4 Å². The Morgan fingerprint density at radius 2 is 2.19 bits per heavy atom. The maximum Gasteiger partial charge on any atom is 0.175 e. The molecule has 1 aromatic heterocycles. The second-order valence-electron chi connectivity index (χ2n) is 4.09. The summed E-state index contributed by atoms with van der Waals surface area (Å²) in [6.45, 7) is 0. The summed E-state index contributed by atoms with van der Waals surface area (Å²) >= 11 is 3.46. The molecule has 0 atom stereocenters. The van der Waals surface area contributed by atoms with E-state index < -0.39 is 0 Å². The molecular weight excluding hydrogens is 268 g/mol. The lowest BCUT2D eigenvalue weighted by Gasteiger charge is -2.01. The fourth-order valence-electron chi connectivity index (χ4n) is 1.87. The highest BCUT2D eigenvalue weighted by molar-refractivity contribution is 9.10. The Hall–Kier alpha value is -1.29. The van der Waals surface area contributed by atoms with Crippen molar-refractivity contribution in [3.8, 4) is 11.1 Å². The Morgan fingerprint density at radius 3 is 2.88 bits per heavy atom. The molecule has 1 aliphatic rings. The van der Waals surface area contributed by atoms with Crippen LogP contribution in [0, 0.1) is 0 Å². The molecule has 1 saturated carbocycles. The van der Waals surface area contributed by atoms with Crippen molar-refractivity contribution in [2.24, 2.45) is 0 Å². The molecule has 0 bridgehead atoms. The number of anilines is 1. The molecule has 0 saturated heterocycles. The highest BCUT2D eigenvalue weighted by atomic mass is 79.9. The van der Waals surface area contributed by atoms with Crippen molar-refractivity contribution in [3.63, 3.8) is 0 Å². The molecule has 82 valence electrons. The van der Waals surface area contributed by atoms with E-state index in [9.17, 15) is 0 Å². The number of nitrogens with zero attached hydrogens (tertiary/aromatic N) is 1. The van der Waals surface area contributed by atoms with Crippen molar-refractivity contribution in [1.82, 2.24) is 5.16 Å². The minimum absolute atomic E-state index is 0.486. The van der Waals surface area contributed by atoms with E-state index in [-0.39, 0.29) is 0 Å². The van der Waals surface area contributed by atoms with E-state index in [1.807, 2.05) is 24.3 Å². The predicted molar refractivity (Wildman–Crippen MR) is 66.0 cm³/mol. The second kappa shape index (κ2) is 3.63. The van der Waals surface area contributed by atoms with Crippen LogP contribution in [0.2, 0.25) is 0 Å². The number of rotatable bonds is 2. The molecule has 0 radical (unpaired) electrons. The number of hydrogen-bond donors (Lipinski definition) is 1. The quantitative estimate of drug-likeness (QED) is 0.914. The Morgan fingerprint density at radius 1 is 1.38 bits per heavy atom. The maximum absolute atomic E-state index is 5.87. The Balaban J connectivity index is 2.14. The molecule has 1 aliphatic carbocycles. The molecule has 0 aliphatic heterocycles. The average Bonchev–Trinajstić information content (AvgIpc) is 3.02. The van der Waals surface area contributed by atoms with Crippen molar-refractivity contribution < 1.29 is 4.52 Å². The molecule has 3 nitrogen and oxygen atoms in total. The summed E-state index contributed by atoms with van der Waals surface area (Å²) in [6, 6.07) is 8.04. The molecule has 16 heavy (non-hydrogen) atoms. The zero-order valence-corrected chi connectivity index (χ0v) is 10.2. The van der Waals surface area contributed by atoms with E-state index >= 15 is 0 Å². The average molecular weight is 279 g/mol. The van der Waals surface area contributed by atoms with E-state index in [0.717, 1.165) is 21.4 Å². The lowest BCUT2D eigenvalue weighted by Crippen LogP contribution is -1.89. The molecule has 0 spiro atoms. The first kappa shape index (κ1) is 9.90. The van der Waals surface area contributed by atoms with Crippen LogP contribution in [0.15, 0.2) is 33.3 Å². The third-order valence-corrected chi connectivity index (χ3v) is 3.30. The summed E-state index contributed by atoms with van der Waals surface area (Å²) in [5, 5.41) is 3.87. The summed E-state index contributed by atoms with van der Waals surface area (Å²) in [7, 11) is 0. The van der Waals surface area contributed by atoms with Gasteiger partial charge in [0.2, 0.25) is 0 Å². The maximum atomic E-state index is 5.87. The van der Waals surface area contributed by atoms with Gasteiger partial charge in [0.15, 0.2) is 5.82 Å². The van der Waals surface area contributed by atoms with Crippen LogP contribution >= 0.6 is 15.9 Å². The fourth-order valence-corrected chi connectivity index (χ4v) is 2.27. The molecule has 2 N–H and O–H groups in total. The summed E-state index contributed by atoms with van der Waals surface area (Å²) in [4.78, 5) is 0. The van der Waals surface area contributed by atoms with Crippen LogP contribution in [0.5, 0.6) is 0 Å². The molecule has 0 amide bonds. The van der Waals surface area contributed by atoms with Gasteiger partial charge < -0.3 is 10.3 Å². The topological polar surface area (TPSA) is 52.0 Å². The number of halogens is 1. The van der Waals surface area contributed by atoms with Crippen LogP contribution in [-0.2, 0) is 0 Å². The number of hydrogen-bond acceptors (Lipinski definition) is 3. The van der Waals surface area contributed by atoms with Crippen molar-refractivity contribution >= 4 is 21.7 Å². The van der Waals surface area contributed by atoms with E-state index in [1.165, 1.54) is 12.8 Å². The Kier molecular flexibility index (Phi) is 2.24. The van der Waals surface area contributed by atoms with E-state index in [0.29, 0.717) is 11.7 Å². The van der Waals surface area contributed by atoms with Crippen LogP contribution in [0.3, 0.4) is 0 Å². The van der Waals surface area contributed by atoms with Gasteiger partial charge in [-0.15, -0.1) is 0 Å². The molecule has 0 unspecified atom stereocenters. The van der Waals surface area contributed by atoms with Crippen molar-refractivity contribution in [2.75, 3.05) is 5.73 Å². The third kappa shape index (κ3) is 1.63. The lowest BCUT2D eigenvalue weighted by atomic mass is 10.0. The minimum Gasteiger partial charge on any atom is -0.380 e. The van der Waals surface area contributed by atoms with Gasteiger partial charge in [0.05, 0.1) is 5.56 Å². The van der Waals surface area contributed by atoms with Gasteiger partial charge in [-0.25, -0.2) is 0 Å². The zero-order valence-electron chi connectivity index (χ0n) is 8.61. The standard InChI is InChI=1S/C12H11BrN2O/c13-9-3-1-2-8(6-9)10-11(7-4-5-7)16-15-12(10)14/h1-3,6-7H,4-5H2,(H2,14,15). The van der Waals surface area contributed by atoms with Crippen molar-refractivity contribution in [2.45, 2.75) is 18.8 Å². The third-order valence-electron chi connectivity index (χ3n) is 2.81. The normalized spacial score (nSPS) is 15.3.